The van der Waals surface area contributed by atoms with E-state index in [1.54, 1.807) is 22.9 Å². The number of rotatable bonds is 5. The smallest absolute Gasteiger partial charge is 0.321 e. The molecule has 8 heteroatoms. The zero-order valence-electron chi connectivity index (χ0n) is 20.6. The third-order valence-corrected chi connectivity index (χ3v) is 6.98. The number of amides is 2. The first-order chi connectivity index (χ1) is 16.8. The summed E-state index contributed by atoms with van der Waals surface area (Å²) in [6, 6.07) is 12.8. The molecule has 2 aliphatic rings. The maximum atomic E-state index is 14.6. The van der Waals surface area contributed by atoms with E-state index in [1.807, 2.05) is 30.3 Å². The predicted molar refractivity (Wildman–Crippen MR) is 132 cm³/mol. The van der Waals surface area contributed by atoms with Gasteiger partial charge in [0.05, 0.1) is 19.3 Å². The van der Waals surface area contributed by atoms with Crippen LogP contribution in [0.2, 0.25) is 0 Å². The lowest BCUT2D eigenvalue weighted by atomic mass is 9.90. The molecule has 2 aliphatic heterocycles. The minimum Gasteiger partial charge on any atom is -0.394 e. The van der Waals surface area contributed by atoms with Gasteiger partial charge in [-0.05, 0) is 62.3 Å². The molecule has 0 aromatic heterocycles. The largest absolute Gasteiger partial charge is 0.394 e. The third kappa shape index (κ3) is 5.87. The second-order valence-electron chi connectivity index (χ2n) is 9.23. The van der Waals surface area contributed by atoms with E-state index in [9.17, 15) is 23.1 Å². The van der Waals surface area contributed by atoms with Crippen LogP contribution >= 0.6 is 0 Å². The highest BCUT2D eigenvalue weighted by atomic mass is 19.1. The maximum Gasteiger partial charge on any atom is 0.321 e. The lowest BCUT2D eigenvalue weighted by Crippen LogP contribution is -2.57. The topological polar surface area (TPSA) is 47.0 Å². The fourth-order valence-corrected chi connectivity index (χ4v) is 4.95. The van der Waals surface area contributed by atoms with Gasteiger partial charge in [-0.2, -0.15) is 0 Å². The molecule has 1 atom stereocenters. The van der Waals surface area contributed by atoms with Crippen molar-refractivity contribution in [1.82, 2.24) is 14.7 Å². The van der Waals surface area contributed by atoms with Gasteiger partial charge in [0.1, 0.15) is 11.6 Å². The highest BCUT2D eigenvalue weighted by Crippen LogP contribution is 2.37. The first-order valence-electron chi connectivity index (χ1n) is 11.8. The van der Waals surface area contributed by atoms with Gasteiger partial charge in [0.25, 0.3) is 0 Å². The van der Waals surface area contributed by atoms with Crippen LogP contribution in [0.5, 0.6) is 0 Å². The molecule has 190 valence electrons. The lowest BCUT2D eigenvalue weighted by molar-refractivity contribution is 0.0715. The lowest BCUT2D eigenvalue weighted by Gasteiger charge is -2.42. The van der Waals surface area contributed by atoms with Crippen molar-refractivity contribution in [2.75, 3.05) is 47.5 Å². The van der Waals surface area contributed by atoms with Crippen LogP contribution in [0.25, 0.3) is 5.57 Å². The molecular formula is C27H34F3N3O2. The van der Waals surface area contributed by atoms with E-state index in [4.69, 9.17) is 0 Å². The summed E-state index contributed by atoms with van der Waals surface area (Å²) in [5, 5.41) is 10.6. The number of benzene rings is 2. The highest BCUT2D eigenvalue weighted by Gasteiger charge is 2.45. The van der Waals surface area contributed by atoms with Crippen LogP contribution < -0.4 is 0 Å². The van der Waals surface area contributed by atoms with Crippen molar-refractivity contribution in [3.05, 3.63) is 77.4 Å². The number of carbonyl (C=O) groups excluding carboxylic acids is 1. The Bertz CT molecular complexity index is 1030. The molecule has 2 aromatic carbocycles. The Kier molecular flexibility index (Phi) is 8.97. The van der Waals surface area contributed by atoms with E-state index in [2.05, 4.69) is 11.9 Å². The normalized spacial score (nSPS) is 20.8. The van der Waals surface area contributed by atoms with Gasteiger partial charge < -0.3 is 19.8 Å². The number of piperidine rings is 1. The second-order valence-corrected chi connectivity index (χ2v) is 9.23. The van der Waals surface area contributed by atoms with E-state index in [0.29, 0.717) is 19.2 Å². The Labute approximate surface area is 205 Å². The van der Waals surface area contributed by atoms with E-state index >= 15 is 0 Å². The molecule has 5 nitrogen and oxygen atoms in total. The number of urea groups is 1. The van der Waals surface area contributed by atoms with Crippen molar-refractivity contribution in [3.8, 4) is 0 Å². The summed E-state index contributed by atoms with van der Waals surface area (Å²) >= 11 is 0. The monoisotopic (exact) mass is 489 g/mol. The fourth-order valence-electron chi connectivity index (χ4n) is 4.95. The van der Waals surface area contributed by atoms with Crippen molar-refractivity contribution in [2.24, 2.45) is 0 Å². The molecule has 1 saturated heterocycles. The third-order valence-electron chi connectivity index (χ3n) is 6.98. The van der Waals surface area contributed by atoms with E-state index in [1.165, 1.54) is 0 Å². The zero-order chi connectivity index (χ0) is 25.6. The van der Waals surface area contributed by atoms with Gasteiger partial charge >= 0.3 is 6.03 Å². The molecule has 0 bridgehead atoms. The first kappa shape index (κ1) is 26.8. The van der Waals surface area contributed by atoms with Crippen LogP contribution in [0, 0.1) is 11.6 Å². The summed E-state index contributed by atoms with van der Waals surface area (Å²) in [6.07, 6.45) is 3.86. The number of likely N-dealkylation sites (tertiary alicyclic amines) is 1. The number of carbonyl (C=O) groups is 1. The van der Waals surface area contributed by atoms with Gasteiger partial charge in [-0.1, -0.05) is 36.4 Å². The average molecular weight is 490 g/mol. The molecule has 1 fully saturated rings. The van der Waals surface area contributed by atoms with E-state index < -0.39 is 17.2 Å². The Balaban J connectivity index is 0.00000167. The minimum absolute atomic E-state index is 0.0942. The maximum absolute atomic E-state index is 14.6. The van der Waals surface area contributed by atoms with Crippen molar-refractivity contribution >= 4 is 11.6 Å². The molecular weight excluding hydrogens is 455 g/mol. The summed E-state index contributed by atoms with van der Waals surface area (Å²) in [6.45, 7) is 1.60. The van der Waals surface area contributed by atoms with Crippen molar-refractivity contribution in [2.45, 2.75) is 30.8 Å². The molecule has 2 aromatic rings. The number of aliphatic hydroxyl groups is 1. The molecule has 0 spiro atoms. The Morgan fingerprint density at radius 2 is 1.77 bits per heavy atom. The standard InChI is InChI=1S/C26H31F2N3O2.CH3F/c1-29-12-10-22(11-13-29)30(2)25(33)31-17-20(23-14-21(27)8-9-24(23)28)16-26(31,18-32)15-19-6-4-3-5-7-19;1-2/h3-9,14,16,22,32H,10-13,15,17-18H2,1-2H3;1H3/t26-;/m1./s1. The predicted octanol–water partition coefficient (Wildman–Crippen LogP) is 4.37. The summed E-state index contributed by atoms with van der Waals surface area (Å²) in [7, 11) is 4.36. The van der Waals surface area contributed by atoms with Gasteiger partial charge in [0.2, 0.25) is 0 Å². The number of alkyl halides is 1. The number of hydrogen-bond acceptors (Lipinski definition) is 3. The van der Waals surface area contributed by atoms with Crippen molar-refractivity contribution in [1.29, 1.82) is 0 Å². The minimum atomic E-state index is -1.05. The van der Waals surface area contributed by atoms with E-state index in [0.717, 1.165) is 49.7 Å². The first-order valence-corrected chi connectivity index (χ1v) is 11.8. The molecule has 0 saturated carbocycles. The number of aliphatic hydroxyl groups excluding tert-OH is 1. The zero-order valence-corrected chi connectivity index (χ0v) is 20.6. The Morgan fingerprint density at radius 1 is 1.11 bits per heavy atom. The quantitative estimate of drug-likeness (QED) is 0.679. The molecule has 1 N–H and O–H groups in total. The van der Waals surface area contributed by atoms with E-state index in [-0.39, 0.29) is 30.8 Å². The molecule has 35 heavy (non-hydrogen) atoms. The summed E-state index contributed by atoms with van der Waals surface area (Å²) in [5.41, 5.74) is 0.524. The summed E-state index contributed by atoms with van der Waals surface area (Å²) in [5.74, 6) is -1.09. The molecule has 2 heterocycles. The second kappa shape index (κ2) is 11.7. The van der Waals surface area contributed by atoms with Crippen molar-refractivity contribution in [3.63, 3.8) is 0 Å². The van der Waals surface area contributed by atoms with Crippen LogP contribution in [0.4, 0.5) is 18.0 Å². The van der Waals surface area contributed by atoms with Gasteiger partial charge in [-0.25, -0.2) is 13.6 Å². The van der Waals surface area contributed by atoms with Crippen molar-refractivity contribution < 1.29 is 23.1 Å². The summed E-state index contributed by atoms with van der Waals surface area (Å²) < 4.78 is 38.1. The highest BCUT2D eigenvalue weighted by molar-refractivity contribution is 5.83. The number of nitrogens with zero attached hydrogens (tertiary/aromatic N) is 3. The van der Waals surface area contributed by atoms with Gasteiger partial charge in [0, 0.05) is 31.6 Å². The van der Waals surface area contributed by atoms with Gasteiger partial charge in [-0.3, -0.25) is 4.39 Å². The van der Waals surface area contributed by atoms with Crippen LogP contribution in [-0.2, 0) is 6.42 Å². The molecule has 0 unspecified atom stereocenters. The summed E-state index contributed by atoms with van der Waals surface area (Å²) in [4.78, 5) is 19.4. The molecule has 2 amide bonds. The van der Waals surface area contributed by atoms with Gasteiger partial charge in [-0.15, -0.1) is 0 Å². The van der Waals surface area contributed by atoms with Crippen LogP contribution in [-0.4, -0.2) is 84.9 Å². The molecule has 0 aliphatic carbocycles. The number of hydrogen-bond donors (Lipinski definition) is 1. The molecule has 4 rings (SSSR count). The van der Waals surface area contributed by atoms with Gasteiger partial charge in [0.15, 0.2) is 0 Å². The Morgan fingerprint density at radius 3 is 2.40 bits per heavy atom. The fraction of sp³-hybridized carbons (Fsp3) is 0.444. The van der Waals surface area contributed by atoms with Crippen LogP contribution in [0.3, 0.4) is 0 Å². The molecule has 0 radical (unpaired) electrons. The van der Waals surface area contributed by atoms with Crippen LogP contribution in [0.15, 0.2) is 54.6 Å². The SMILES string of the molecule is CF.CN1CCC(N(C)C(=O)N2CC(c3cc(F)ccc3F)=C[C@@]2(CO)Cc2ccccc2)CC1. The Hall–Kier alpha value is -2.84. The van der Waals surface area contributed by atoms with Crippen LogP contribution in [0.1, 0.15) is 24.0 Å². The average Bonchev–Trinajstić information content (AvgIpc) is 3.26. The number of halogens is 3.